The minimum Gasteiger partial charge on any atom is -0.480 e. The summed E-state index contributed by atoms with van der Waals surface area (Å²) >= 11 is 0. The zero-order chi connectivity index (χ0) is 65.1. The highest BCUT2D eigenvalue weighted by Crippen LogP contribution is 2.21. The van der Waals surface area contributed by atoms with E-state index >= 15 is 0 Å². The number of carboxylic acids is 1. The topological polar surface area (TPSA) is 393 Å². The molecule has 0 aliphatic heterocycles. The van der Waals surface area contributed by atoms with Crippen LogP contribution in [0.2, 0.25) is 0 Å². The first-order chi connectivity index (χ1) is 41.1. The van der Waals surface area contributed by atoms with Crippen molar-refractivity contribution in [1.29, 1.82) is 0 Å². The average molecular weight is 1220 g/mol. The number of rotatable bonds is 39. The number of hydrogen-bond acceptors (Lipinski definition) is 13. The molecule has 0 saturated heterocycles. The summed E-state index contributed by atoms with van der Waals surface area (Å²) in [6, 6.07) is 4.75. The average Bonchev–Trinajstić information content (AvgIpc) is 2.58. The lowest BCUT2D eigenvalue weighted by molar-refractivity contribution is -0.142. The van der Waals surface area contributed by atoms with Gasteiger partial charge in [0.15, 0.2) is 0 Å². The fraction of sp³-hybridized carbons (Fsp3) is 0.619. The molecule has 1 aromatic heterocycles. The first-order valence-electron chi connectivity index (χ1n) is 30.8. The molecule has 484 valence electrons. The van der Waals surface area contributed by atoms with E-state index in [0.29, 0.717) is 44.2 Å². The van der Waals surface area contributed by atoms with Gasteiger partial charge in [-0.05, 0) is 125 Å². The van der Waals surface area contributed by atoms with Gasteiger partial charge in [-0.3, -0.25) is 43.2 Å². The molecular formula is C63H101N13O11. The lowest BCUT2D eigenvalue weighted by Crippen LogP contribution is -2.62. The monoisotopic (exact) mass is 1220 g/mol. The largest absolute Gasteiger partial charge is 0.480 e. The minimum absolute atomic E-state index is 0.0515. The first kappa shape index (κ1) is 73.8. The van der Waals surface area contributed by atoms with Crippen LogP contribution in [0, 0.1) is 29.6 Å². The smallest absolute Gasteiger partial charge is 0.326 e. The Morgan fingerprint density at radius 2 is 0.908 bits per heavy atom. The van der Waals surface area contributed by atoms with Crippen LogP contribution in [-0.2, 0) is 60.8 Å². The molecule has 11 atom stereocenters. The van der Waals surface area contributed by atoms with Gasteiger partial charge in [0.2, 0.25) is 53.2 Å². The highest BCUT2D eigenvalue weighted by atomic mass is 16.4. The van der Waals surface area contributed by atoms with E-state index in [1.807, 2.05) is 89.2 Å². The third-order valence-electron chi connectivity index (χ3n) is 15.2. The summed E-state index contributed by atoms with van der Waals surface area (Å²) in [5, 5.41) is 35.4. The number of nitrogens with two attached hydrogens (primary N) is 3. The van der Waals surface area contributed by atoms with Crippen molar-refractivity contribution in [2.45, 2.75) is 207 Å². The standard InChI is InChI=1S/C63H101N13O11/c1-12-39(10)53(76-55(78)44(66)32-41-22-14-13-15-23-41)62(85)68-40(11)54(77)71-50(33-42-34-67-45-25-17-16-24-43(42)45)58(81)72-49(31-36(4)5)59(82)75-51(37(6)7)60(83)69-46(26-18-20-28-64)56(79)74-52(38(8)9)61(84)73-48(30-35(2)3)57(80)70-47(63(86)87)27-19-21-29-65/h13-17,22-25,34-40,44,46-53,67H,12,18-21,26-33,64-66H2,1-11H3,(H,68,85)(H,69,83)(H,70,80)(H,71,77)(H,72,81)(H,73,84)(H,74,79)(H,75,82)(H,76,78)(H,86,87)/t39-,40-,44-,46-,47-,48-,49-,50-,51-,52-,53-/m0/s1. The Balaban J connectivity index is 1.88. The van der Waals surface area contributed by atoms with Crippen LogP contribution in [0.15, 0.2) is 60.8 Å². The second-order valence-electron chi connectivity index (χ2n) is 24.4. The molecule has 87 heavy (non-hydrogen) atoms. The van der Waals surface area contributed by atoms with Crippen LogP contribution >= 0.6 is 0 Å². The van der Waals surface area contributed by atoms with E-state index in [-0.39, 0.29) is 62.8 Å². The number of aliphatic carboxylic acids is 1. The summed E-state index contributed by atoms with van der Waals surface area (Å²) in [6.07, 6.45) is 4.79. The summed E-state index contributed by atoms with van der Waals surface area (Å²) in [5.41, 5.74) is 20.0. The molecule has 0 saturated carbocycles. The summed E-state index contributed by atoms with van der Waals surface area (Å²) in [5.74, 6) is -9.20. The minimum atomic E-state index is -1.31. The number of amides is 9. The Bertz CT molecular complexity index is 2720. The van der Waals surface area contributed by atoms with Crippen molar-refractivity contribution in [1.82, 2.24) is 52.8 Å². The number of aromatic amines is 1. The van der Waals surface area contributed by atoms with E-state index in [1.54, 1.807) is 40.8 Å². The number of hydrogen-bond donors (Lipinski definition) is 14. The maximum atomic E-state index is 14.7. The number of para-hydroxylation sites is 1. The summed E-state index contributed by atoms with van der Waals surface area (Å²) in [4.78, 5) is 142. The number of nitrogens with one attached hydrogen (secondary N) is 10. The summed E-state index contributed by atoms with van der Waals surface area (Å²) < 4.78 is 0. The van der Waals surface area contributed by atoms with Crippen molar-refractivity contribution >= 4 is 70.0 Å². The van der Waals surface area contributed by atoms with Crippen LogP contribution in [0.25, 0.3) is 10.9 Å². The van der Waals surface area contributed by atoms with Crippen LogP contribution in [0.4, 0.5) is 0 Å². The van der Waals surface area contributed by atoms with E-state index in [1.165, 1.54) is 6.92 Å². The Hall–Kier alpha value is -7.44. The summed E-state index contributed by atoms with van der Waals surface area (Å²) in [6.45, 7) is 19.9. The molecule has 0 fully saturated rings. The molecule has 0 aliphatic rings. The molecule has 0 spiro atoms. The van der Waals surface area contributed by atoms with Crippen molar-refractivity contribution in [2.75, 3.05) is 13.1 Å². The molecule has 1 heterocycles. The molecule has 9 amide bonds. The number of carbonyl (C=O) groups is 10. The van der Waals surface area contributed by atoms with Crippen molar-refractivity contribution < 1.29 is 53.1 Å². The van der Waals surface area contributed by atoms with Gasteiger partial charge in [0.1, 0.15) is 54.4 Å². The Morgan fingerprint density at radius 1 is 0.471 bits per heavy atom. The van der Waals surface area contributed by atoms with Crippen molar-refractivity contribution in [3.05, 3.63) is 71.9 Å². The number of aromatic nitrogens is 1. The van der Waals surface area contributed by atoms with E-state index in [9.17, 15) is 53.1 Å². The highest BCUT2D eigenvalue weighted by Gasteiger charge is 2.37. The van der Waals surface area contributed by atoms with Crippen molar-refractivity contribution in [2.24, 2.45) is 46.8 Å². The number of carbonyl (C=O) groups excluding carboxylic acids is 9. The lowest BCUT2D eigenvalue weighted by Gasteiger charge is -2.30. The molecule has 24 nitrogen and oxygen atoms in total. The number of unbranched alkanes of at least 4 members (excludes halogenated alkanes) is 2. The molecule has 3 aromatic rings. The number of carboxylic acid groups (broad SMARTS) is 1. The number of H-pyrrole nitrogens is 1. The molecule has 0 bridgehead atoms. The van der Waals surface area contributed by atoms with Gasteiger partial charge in [-0.15, -0.1) is 0 Å². The molecule has 0 unspecified atom stereocenters. The third-order valence-corrected chi connectivity index (χ3v) is 15.2. The van der Waals surface area contributed by atoms with Crippen molar-refractivity contribution in [3.63, 3.8) is 0 Å². The normalized spacial score (nSPS) is 15.3. The van der Waals surface area contributed by atoms with Gasteiger partial charge in [0.25, 0.3) is 0 Å². The van der Waals surface area contributed by atoms with E-state index in [2.05, 4.69) is 52.8 Å². The number of fused-ring (bicyclic) bond motifs is 1. The zero-order valence-electron chi connectivity index (χ0n) is 52.9. The van der Waals surface area contributed by atoms with Crippen molar-refractivity contribution in [3.8, 4) is 0 Å². The molecule has 3 rings (SSSR count). The highest BCUT2D eigenvalue weighted by molar-refractivity contribution is 5.99. The molecule has 2 aromatic carbocycles. The van der Waals surface area contributed by atoms with Gasteiger partial charge in [-0.1, -0.05) is 124 Å². The lowest BCUT2D eigenvalue weighted by atomic mass is 9.97. The van der Waals surface area contributed by atoms with Gasteiger partial charge in [-0.2, -0.15) is 0 Å². The molecule has 24 heteroatoms. The van der Waals surface area contributed by atoms with Gasteiger partial charge < -0.3 is 75.1 Å². The second-order valence-corrected chi connectivity index (χ2v) is 24.4. The maximum absolute atomic E-state index is 14.7. The number of benzene rings is 2. The van der Waals surface area contributed by atoms with Crippen LogP contribution in [0.5, 0.6) is 0 Å². The fourth-order valence-corrected chi connectivity index (χ4v) is 9.88. The summed E-state index contributed by atoms with van der Waals surface area (Å²) in [7, 11) is 0. The Labute approximate surface area is 513 Å². The van der Waals surface area contributed by atoms with E-state index < -0.39 is 131 Å². The predicted octanol–water partition coefficient (Wildman–Crippen LogP) is 2.46. The van der Waals surface area contributed by atoms with Crippen LogP contribution in [-0.4, -0.2) is 143 Å². The fourth-order valence-electron chi connectivity index (χ4n) is 9.88. The van der Waals surface area contributed by atoms with Crippen LogP contribution in [0.1, 0.15) is 145 Å². The second kappa shape index (κ2) is 37.3. The van der Waals surface area contributed by atoms with Gasteiger partial charge in [0, 0.05) is 23.5 Å². The van der Waals surface area contributed by atoms with Crippen LogP contribution in [0.3, 0.4) is 0 Å². The maximum Gasteiger partial charge on any atom is 0.326 e. The molecule has 0 aliphatic carbocycles. The van der Waals surface area contributed by atoms with Gasteiger partial charge >= 0.3 is 5.97 Å². The van der Waals surface area contributed by atoms with Gasteiger partial charge in [-0.25, -0.2) is 4.79 Å². The SMILES string of the molecule is CC[C@H](C)[C@H](NC(=O)[C@@H](N)Cc1ccccc1)C(=O)N[C@@H](C)C(=O)N[C@@H](Cc1c[nH]c2ccccc12)C(=O)N[C@@H](CC(C)C)C(=O)N[C@H](C(=O)N[C@@H](CCCCN)C(=O)N[C@H](C(=O)N[C@@H](CC(C)C)C(=O)N[C@@H](CCCCN)C(=O)O)C(C)C)C(C)C. The first-order valence-corrected chi connectivity index (χ1v) is 30.8. The van der Waals surface area contributed by atoms with E-state index in [4.69, 9.17) is 17.2 Å². The van der Waals surface area contributed by atoms with Crippen LogP contribution < -0.4 is 65.1 Å². The predicted molar refractivity (Wildman–Crippen MR) is 335 cm³/mol. The van der Waals surface area contributed by atoms with Gasteiger partial charge in [0.05, 0.1) is 6.04 Å². The quantitative estimate of drug-likeness (QED) is 0.0365. The zero-order valence-corrected chi connectivity index (χ0v) is 52.9. The molecule has 17 N–H and O–H groups in total. The molecular weight excluding hydrogens is 1110 g/mol. The van der Waals surface area contributed by atoms with E-state index in [0.717, 1.165) is 16.5 Å². The Kier molecular flexibility index (Phi) is 31.6. The molecule has 0 radical (unpaired) electrons. The Morgan fingerprint density at radius 3 is 1.43 bits per heavy atom. The third kappa shape index (κ3) is 24.7.